The smallest absolute Gasteiger partial charge is 0.307 e. The Kier molecular flexibility index (Phi) is 3.14. The zero-order chi connectivity index (χ0) is 14.2. The van der Waals surface area contributed by atoms with Crippen molar-refractivity contribution in [2.45, 2.75) is 26.7 Å². The van der Waals surface area contributed by atoms with Crippen LogP contribution in [0.3, 0.4) is 0 Å². The summed E-state index contributed by atoms with van der Waals surface area (Å²) in [6, 6.07) is 6.61. The van der Waals surface area contributed by atoms with Crippen LogP contribution >= 0.6 is 0 Å². The Hall–Kier alpha value is -2.17. The van der Waals surface area contributed by atoms with E-state index in [9.17, 15) is 14.4 Å². The van der Waals surface area contributed by atoms with E-state index >= 15 is 0 Å². The largest absolute Gasteiger partial charge is 0.481 e. The molecule has 2 rings (SSSR count). The molecule has 0 unspecified atom stereocenters. The monoisotopic (exact) mass is 261 g/mol. The molecule has 1 saturated heterocycles. The first kappa shape index (κ1) is 13.3. The van der Waals surface area contributed by atoms with Crippen LogP contribution in [0.25, 0.3) is 0 Å². The van der Waals surface area contributed by atoms with E-state index in [0.717, 1.165) is 4.90 Å². The zero-order valence-corrected chi connectivity index (χ0v) is 10.8. The van der Waals surface area contributed by atoms with Gasteiger partial charge in [0.25, 0.3) is 0 Å². The summed E-state index contributed by atoms with van der Waals surface area (Å²) in [6.45, 7) is 3.43. The number of carboxylic acid groups (broad SMARTS) is 1. The highest BCUT2D eigenvalue weighted by molar-refractivity contribution is 6.22. The fourth-order valence-corrected chi connectivity index (χ4v) is 2.23. The second-order valence-corrected chi connectivity index (χ2v) is 5.29. The summed E-state index contributed by atoms with van der Waals surface area (Å²) in [5, 5.41) is 8.88. The van der Waals surface area contributed by atoms with Crippen LogP contribution in [-0.2, 0) is 20.8 Å². The number of aliphatic carboxylic acids is 1. The Morgan fingerprint density at radius 1 is 1.32 bits per heavy atom. The summed E-state index contributed by atoms with van der Waals surface area (Å²) in [5.74, 6) is -1.56. The molecule has 0 bridgehead atoms. The highest BCUT2D eigenvalue weighted by Gasteiger charge is 2.46. The van der Waals surface area contributed by atoms with Crippen molar-refractivity contribution in [3.05, 3.63) is 29.8 Å². The van der Waals surface area contributed by atoms with Gasteiger partial charge in [-0.15, -0.1) is 0 Å². The maximum atomic E-state index is 12.2. The summed E-state index contributed by atoms with van der Waals surface area (Å²) in [4.78, 5) is 36.2. The number of para-hydroxylation sites is 1. The van der Waals surface area contributed by atoms with Crippen molar-refractivity contribution in [2.75, 3.05) is 4.90 Å². The molecule has 0 aliphatic carbocycles. The Balaban J connectivity index is 2.45. The maximum absolute atomic E-state index is 12.2. The number of anilines is 1. The van der Waals surface area contributed by atoms with Gasteiger partial charge in [0.1, 0.15) is 0 Å². The highest BCUT2D eigenvalue weighted by atomic mass is 16.4. The second kappa shape index (κ2) is 4.50. The van der Waals surface area contributed by atoms with E-state index in [0.29, 0.717) is 11.3 Å². The van der Waals surface area contributed by atoms with Crippen LogP contribution in [0.15, 0.2) is 24.3 Å². The summed E-state index contributed by atoms with van der Waals surface area (Å²) in [5.41, 5.74) is 0.118. The Labute approximate surface area is 110 Å². The van der Waals surface area contributed by atoms with Crippen LogP contribution in [0.4, 0.5) is 5.69 Å². The van der Waals surface area contributed by atoms with E-state index in [4.69, 9.17) is 5.11 Å². The van der Waals surface area contributed by atoms with E-state index < -0.39 is 11.4 Å². The molecular formula is C14H15NO4. The minimum absolute atomic E-state index is 0.146. The molecule has 0 aromatic heterocycles. The van der Waals surface area contributed by atoms with Gasteiger partial charge in [-0.25, -0.2) is 4.90 Å². The molecular weight excluding hydrogens is 246 g/mol. The molecule has 100 valence electrons. The van der Waals surface area contributed by atoms with Gasteiger partial charge >= 0.3 is 5.97 Å². The Morgan fingerprint density at radius 3 is 2.47 bits per heavy atom. The number of carbonyl (C=O) groups is 3. The second-order valence-electron chi connectivity index (χ2n) is 5.29. The predicted octanol–water partition coefficient (Wildman–Crippen LogP) is 1.60. The van der Waals surface area contributed by atoms with E-state index in [1.165, 1.54) is 0 Å². The van der Waals surface area contributed by atoms with Gasteiger partial charge in [-0.2, -0.15) is 0 Å². The molecule has 19 heavy (non-hydrogen) atoms. The normalized spacial score (nSPS) is 17.9. The minimum Gasteiger partial charge on any atom is -0.481 e. The van der Waals surface area contributed by atoms with Crippen LogP contribution in [0.5, 0.6) is 0 Å². The molecule has 0 atom stereocenters. The number of benzene rings is 1. The minimum atomic E-state index is -0.995. The van der Waals surface area contributed by atoms with Crippen LogP contribution in [-0.4, -0.2) is 22.9 Å². The summed E-state index contributed by atoms with van der Waals surface area (Å²) < 4.78 is 0. The number of nitrogens with zero attached hydrogens (tertiary/aromatic N) is 1. The molecule has 1 N–H and O–H groups in total. The number of imide groups is 1. The highest BCUT2D eigenvalue weighted by Crippen LogP contribution is 2.36. The van der Waals surface area contributed by atoms with Gasteiger partial charge in [0, 0.05) is 6.42 Å². The summed E-state index contributed by atoms with van der Waals surface area (Å²) >= 11 is 0. The lowest BCUT2D eigenvalue weighted by atomic mass is 9.92. The molecule has 1 aliphatic rings. The number of amides is 2. The van der Waals surface area contributed by atoms with Gasteiger partial charge in [0.15, 0.2) is 0 Å². The quantitative estimate of drug-likeness (QED) is 0.839. The third-order valence-corrected chi connectivity index (χ3v) is 3.20. The van der Waals surface area contributed by atoms with E-state index in [1.54, 1.807) is 38.1 Å². The fraction of sp³-hybridized carbons (Fsp3) is 0.357. The van der Waals surface area contributed by atoms with Crippen molar-refractivity contribution < 1.29 is 19.5 Å². The topological polar surface area (TPSA) is 74.7 Å². The van der Waals surface area contributed by atoms with E-state index in [2.05, 4.69) is 0 Å². The first-order valence-corrected chi connectivity index (χ1v) is 6.00. The summed E-state index contributed by atoms with van der Waals surface area (Å²) in [7, 11) is 0. The maximum Gasteiger partial charge on any atom is 0.307 e. The van der Waals surface area contributed by atoms with Crippen LogP contribution in [0.1, 0.15) is 25.8 Å². The van der Waals surface area contributed by atoms with Crippen LogP contribution in [0.2, 0.25) is 0 Å². The molecule has 1 fully saturated rings. The molecule has 2 amide bonds. The van der Waals surface area contributed by atoms with Gasteiger partial charge in [0.2, 0.25) is 11.8 Å². The lowest BCUT2D eigenvalue weighted by molar-refractivity contribution is -0.136. The number of carbonyl (C=O) groups excluding carboxylic acids is 2. The van der Waals surface area contributed by atoms with Crippen molar-refractivity contribution >= 4 is 23.5 Å². The van der Waals surface area contributed by atoms with Gasteiger partial charge in [-0.3, -0.25) is 14.4 Å². The number of hydrogen-bond acceptors (Lipinski definition) is 3. The molecule has 1 aliphatic heterocycles. The molecule has 1 aromatic rings. The average molecular weight is 261 g/mol. The SMILES string of the molecule is CC1(C)CC(=O)N(c2ccccc2CC(=O)O)C1=O. The Bertz CT molecular complexity index is 562. The fourth-order valence-electron chi connectivity index (χ4n) is 2.23. The molecule has 0 spiro atoms. The average Bonchev–Trinajstić information content (AvgIpc) is 2.49. The van der Waals surface area contributed by atoms with Crippen molar-refractivity contribution in [1.29, 1.82) is 0 Å². The molecule has 0 saturated carbocycles. The lowest BCUT2D eigenvalue weighted by Gasteiger charge is -2.20. The van der Waals surface area contributed by atoms with Crippen molar-refractivity contribution in [2.24, 2.45) is 5.41 Å². The van der Waals surface area contributed by atoms with Crippen LogP contribution in [0, 0.1) is 5.41 Å². The number of hydrogen-bond donors (Lipinski definition) is 1. The first-order valence-electron chi connectivity index (χ1n) is 6.00. The molecule has 5 nitrogen and oxygen atoms in total. The van der Waals surface area contributed by atoms with Gasteiger partial charge in [0.05, 0.1) is 17.5 Å². The van der Waals surface area contributed by atoms with Crippen LogP contribution < -0.4 is 4.90 Å². The third-order valence-electron chi connectivity index (χ3n) is 3.20. The lowest BCUT2D eigenvalue weighted by Crippen LogP contribution is -2.33. The van der Waals surface area contributed by atoms with Gasteiger partial charge in [-0.1, -0.05) is 32.0 Å². The van der Waals surface area contributed by atoms with Crippen molar-refractivity contribution in [1.82, 2.24) is 0 Å². The summed E-state index contributed by atoms with van der Waals surface area (Å²) in [6.07, 6.45) is -0.0686. The van der Waals surface area contributed by atoms with E-state index in [1.807, 2.05) is 0 Å². The third kappa shape index (κ3) is 2.36. The predicted molar refractivity (Wildman–Crippen MR) is 68.7 cm³/mol. The van der Waals surface area contributed by atoms with Crippen molar-refractivity contribution in [3.63, 3.8) is 0 Å². The molecule has 5 heteroatoms. The van der Waals surface area contributed by atoms with Gasteiger partial charge < -0.3 is 5.11 Å². The molecule has 1 aromatic carbocycles. The first-order chi connectivity index (χ1) is 8.83. The zero-order valence-electron chi connectivity index (χ0n) is 10.8. The molecule has 0 radical (unpaired) electrons. The Morgan fingerprint density at radius 2 is 1.95 bits per heavy atom. The number of rotatable bonds is 3. The standard InChI is InChI=1S/C14H15NO4/c1-14(2)8-11(16)15(13(14)19)10-6-4-3-5-9(10)7-12(17)18/h3-6H,7-8H2,1-2H3,(H,17,18). The van der Waals surface area contributed by atoms with E-state index in [-0.39, 0.29) is 24.7 Å². The number of carboxylic acids is 1. The van der Waals surface area contributed by atoms with Gasteiger partial charge in [-0.05, 0) is 11.6 Å². The van der Waals surface area contributed by atoms with Crippen molar-refractivity contribution in [3.8, 4) is 0 Å². The molecule has 1 heterocycles.